The number of benzene rings is 3. The van der Waals surface area contributed by atoms with Crippen molar-refractivity contribution in [3.05, 3.63) is 82.4 Å². The maximum Gasteiger partial charge on any atom is 0.330 e. The van der Waals surface area contributed by atoms with Crippen molar-refractivity contribution in [2.75, 3.05) is 35.5 Å². The molecular formula is C29H28N2O8. The van der Waals surface area contributed by atoms with E-state index in [1.54, 1.807) is 60.8 Å². The number of aromatic hydroxyl groups is 1. The van der Waals surface area contributed by atoms with E-state index in [1.165, 1.54) is 46.2 Å². The molecule has 0 radical (unpaired) electrons. The van der Waals surface area contributed by atoms with Gasteiger partial charge in [-0.15, -0.1) is 0 Å². The number of phenols is 1. The van der Waals surface area contributed by atoms with Crippen LogP contribution in [0.15, 0.2) is 65.6 Å². The number of allylic oxidation sites excluding steroid dienone is 1. The lowest BCUT2D eigenvalue weighted by Gasteiger charge is -2.13. The van der Waals surface area contributed by atoms with E-state index in [1.807, 2.05) is 0 Å². The fourth-order valence-corrected chi connectivity index (χ4v) is 4.06. The normalized spacial score (nSPS) is 10.9. The molecule has 1 aromatic heterocycles. The Labute approximate surface area is 224 Å². The first-order chi connectivity index (χ1) is 18.8. The van der Waals surface area contributed by atoms with Gasteiger partial charge in [0.05, 0.1) is 46.9 Å². The predicted molar refractivity (Wildman–Crippen MR) is 146 cm³/mol. The van der Waals surface area contributed by atoms with Gasteiger partial charge in [0, 0.05) is 17.3 Å². The highest BCUT2D eigenvalue weighted by atomic mass is 16.5. The lowest BCUT2D eigenvalue weighted by molar-refractivity contribution is 0.104. The largest absolute Gasteiger partial charge is 0.502 e. The summed E-state index contributed by atoms with van der Waals surface area (Å²) in [5, 5.41) is 10.1. The van der Waals surface area contributed by atoms with E-state index < -0.39 is 0 Å². The van der Waals surface area contributed by atoms with Crippen LogP contribution in [0.4, 0.5) is 0 Å². The third-order valence-corrected chi connectivity index (χ3v) is 6.03. The van der Waals surface area contributed by atoms with Crippen LogP contribution in [-0.4, -0.2) is 56.0 Å². The number of imidazole rings is 1. The molecule has 0 spiro atoms. The van der Waals surface area contributed by atoms with Crippen LogP contribution in [0, 0.1) is 0 Å². The SMILES string of the molecule is COc1cc(C=CC(=O)c2cccc(-n3cc(-c4cc(OC)c(OC)c(OC)c4)[nH]c3=O)c2)cc(OC)c1O. The van der Waals surface area contributed by atoms with Crippen LogP contribution in [-0.2, 0) is 0 Å². The minimum atomic E-state index is -0.387. The quantitative estimate of drug-likeness (QED) is 0.227. The number of aromatic amines is 1. The second kappa shape index (κ2) is 11.5. The van der Waals surface area contributed by atoms with Crippen molar-refractivity contribution in [2.24, 2.45) is 0 Å². The molecule has 202 valence electrons. The molecule has 0 saturated heterocycles. The molecule has 0 aliphatic heterocycles. The van der Waals surface area contributed by atoms with Crippen LogP contribution in [0.3, 0.4) is 0 Å². The van der Waals surface area contributed by atoms with Crippen LogP contribution in [0.2, 0.25) is 0 Å². The number of nitrogens with one attached hydrogen (secondary N) is 1. The number of hydrogen-bond donors (Lipinski definition) is 2. The molecule has 4 rings (SSSR count). The van der Waals surface area contributed by atoms with Crippen molar-refractivity contribution in [1.29, 1.82) is 0 Å². The molecule has 4 aromatic rings. The molecule has 0 atom stereocenters. The van der Waals surface area contributed by atoms with Crippen molar-refractivity contribution in [3.8, 4) is 51.4 Å². The average Bonchev–Trinajstić information content (AvgIpc) is 3.36. The third-order valence-electron chi connectivity index (χ3n) is 6.03. The summed E-state index contributed by atoms with van der Waals surface area (Å²) in [5.74, 6) is 1.37. The summed E-state index contributed by atoms with van der Waals surface area (Å²) in [6.45, 7) is 0. The van der Waals surface area contributed by atoms with Crippen molar-refractivity contribution in [2.45, 2.75) is 0 Å². The first-order valence-electron chi connectivity index (χ1n) is 11.7. The van der Waals surface area contributed by atoms with E-state index in [9.17, 15) is 14.7 Å². The van der Waals surface area contributed by atoms with Crippen LogP contribution in [0.25, 0.3) is 23.0 Å². The summed E-state index contributed by atoms with van der Waals surface area (Å²) in [6.07, 6.45) is 4.62. The van der Waals surface area contributed by atoms with Crippen LogP contribution >= 0.6 is 0 Å². The lowest BCUT2D eigenvalue weighted by Crippen LogP contribution is -2.14. The molecule has 3 aromatic carbocycles. The average molecular weight is 533 g/mol. The monoisotopic (exact) mass is 532 g/mol. The van der Waals surface area contributed by atoms with Gasteiger partial charge in [0.15, 0.2) is 28.8 Å². The number of hydrogen-bond acceptors (Lipinski definition) is 8. The number of methoxy groups -OCH3 is 5. The Morgan fingerprint density at radius 2 is 1.46 bits per heavy atom. The number of H-pyrrole nitrogens is 1. The van der Waals surface area contributed by atoms with Gasteiger partial charge in [0.1, 0.15) is 0 Å². The van der Waals surface area contributed by atoms with Gasteiger partial charge in [-0.1, -0.05) is 18.2 Å². The second-order valence-electron chi connectivity index (χ2n) is 8.28. The summed E-state index contributed by atoms with van der Waals surface area (Å²) in [7, 11) is 7.39. The molecule has 0 amide bonds. The molecule has 10 nitrogen and oxygen atoms in total. The lowest BCUT2D eigenvalue weighted by atomic mass is 10.1. The van der Waals surface area contributed by atoms with Crippen molar-refractivity contribution < 1.29 is 33.6 Å². The summed E-state index contributed by atoms with van der Waals surface area (Å²) >= 11 is 0. The zero-order valence-corrected chi connectivity index (χ0v) is 22.1. The van der Waals surface area contributed by atoms with Gasteiger partial charge in [-0.05, 0) is 48.0 Å². The van der Waals surface area contributed by atoms with Crippen LogP contribution in [0.1, 0.15) is 15.9 Å². The van der Waals surface area contributed by atoms with Crippen molar-refractivity contribution >= 4 is 11.9 Å². The Morgan fingerprint density at radius 3 is 2.03 bits per heavy atom. The summed E-state index contributed by atoms with van der Waals surface area (Å²) in [4.78, 5) is 28.7. The van der Waals surface area contributed by atoms with Gasteiger partial charge >= 0.3 is 5.69 Å². The number of carbonyl (C=O) groups is 1. The third kappa shape index (κ3) is 5.45. The van der Waals surface area contributed by atoms with Crippen molar-refractivity contribution in [1.82, 2.24) is 9.55 Å². The molecule has 0 saturated carbocycles. The van der Waals surface area contributed by atoms with E-state index in [4.69, 9.17) is 23.7 Å². The first-order valence-corrected chi connectivity index (χ1v) is 11.7. The van der Waals surface area contributed by atoms with Crippen LogP contribution < -0.4 is 29.4 Å². The molecule has 2 N–H and O–H groups in total. The standard InChI is InChI=1S/C29H28N2O8/c1-35-23-11-17(12-24(36-2)27(23)33)9-10-22(32)18-7-6-8-20(13-18)31-16-21(30-29(31)34)19-14-25(37-3)28(39-5)26(15-19)38-4/h6-16,33H,1-5H3,(H,30,34). The van der Waals surface area contributed by atoms with Gasteiger partial charge < -0.3 is 33.8 Å². The molecule has 1 heterocycles. The molecule has 0 unspecified atom stereocenters. The number of carbonyl (C=O) groups excluding carboxylic acids is 1. The zero-order chi connectivity index (χ0) is 28.1. The molecule has 10 heteroatoms. The van der Waals surface area contributed by atoms with E-state index in [0.717, 1.165) is 0 Å². The first kappa shape index (κ1) is 26.9. The number of rotatable bonds is 10. The topological polar surface area (TPSA) is 121 Å². The molecule has 0 bridgehead atoms. The van der Waals surface area contributed by atoms with Gasteiger partial charge in [0.25, 0.3) is 0 Å². The van der Waals surface area contributed by atoms with E-state index >= 15 is 0 Å². The number of phenolic OH excluding ortho intramolecular Hbond substituents is 1. The Kier molecular flexibility index (Phi) is 7.95. The van der Waals surface area contributed by atoms with Gasteiger partial charge in [0.2, 0.25) is 11.5 Å². The number of ether oxygens (including phenoxy) is 5. The maximum atomic E-state index is 13.0. The molecule has 0 aliphatic rings. The Morgan fingerprint density at radius 1 is 0.846 bits per heavy atom. The smallest absolute Gasteiger partial charge is 0.330 e. The predicted octanol–water partition coefficient (Wildman–Crippen LogP) is 4.48. The molecular weight excluding hydrogens is 504 g/mol. The van der Waals surface area contributed by atoms with Gasteiger partial charge in [-0.25, -0.2) is 4.79 Å². The van der Waals surface area contributed by atoms with E-state index in [-0.39, 0.29) is 28.7 Å². The van der Waals surface area contributed by atoms with Crippen molar-refractivity contribution in [3.63, 3.8) is 0 Å². The number of ketones is 1. The Bertz CT molecular complexity index is 1550. The van der Waals surface area contributed by atoms with Gasteiger partial charge in [-0.2, -0.15) is 0 Å². The van der Waals surface area contributed by atoms with Crippen LogP contribution in [0.5, 0.6) is 34.5 Å². The second-order valence-corrected chi connectivity index (χ2v) is 8.28. The van der Waals surface area contributed by atoms with Gasteiger partial charge in [-0.3, -0.25) is 9.36 Å². The highest BCUT2D eigenvalue weighted by Crippen LogP contribution is 2.41. The minimum Gasteiger partial charge on any atom is -0.502 e. The highest BCUT2D eigenvalue weighted by molar-refractivity contribution is 6.07. The Balaban J connectivity index is 1.64. The minimum absolute atomic E-state index is 0.126. The van der Waals surface area contributed by atoms with E-state index in [2.05, 4.69) is 4.98 Å². The maximum absolute atomic E-state index is 13.0. The summed E-state index contributed by atoms with van der Waals surface area (Å²) in [5.41, 5.74) is 2.26. The summed E-state index contributed by atoms with van der Waals surface area (Å²) in [6, 6.07) is 13.3. The Hall–Kier alpha value is -5.12. The van der Waals surface area contributed by atoms with E-state index in [0.29, 0.717) is 45.3 Å². The molecule has 39 heavy (non-hydrogen) atoms. The zero-order valence-electron chi connectivity index (χ0n) is 22.1. The fraction of sp³-hybridized carbons (Fsp3) is 0.172. The number of nitrogens with zero attached hydrogens (tertiary/aromatic N) is 1. The molecule has 0 aliphatic carbocycles. The highest BCUT2D eigenvalue weighted by Gasteiger charge is 2.17. The fourth-order valence-electron chi connectivity index (χ4n) is 4.06. The number of aromatic nitrogens is 2. The summed E-state index contributed by atoms with van der Waals surface area (Å²) < 4.78 is 27.9. The molecule has 0 fully saturated rings.